The summed E-state index contributed by atoms with van der Waals surface area (Å²) in [5.41, 5.74) is 7.95. The van der Waals surface area contributed by atoms with E-state index in [1.807, 2.05) is 6.92 Å². The van der Waals surface area contributed by atoms with Crippen molar-refractivity contribution in [1.29, 1.82) is 0 Å². The van der Waals surface area contributed by atoms with Crippen LogP contribution in [0, 0.1) is 24.0 Å². The van der Waals surface area contributed by atoms with E-state index in [0.29, 0.717) is 52.1 Å². The molecule has 1 amide bonds. The average Bonchev–Trinajstić information content (AvgIpc) is 3.57. The molecule has 0 saturated carbocycles. The van der Waals surface area contributed by atoms with Crippen LogP contribution in [0.1, 0.15) is 84.8 Å². The van der Waals surface area contributed by atoms with Crippen molar-refractivity contribution in [3.05, 3.63) is 134 Å². The number of allylic oxidation sites excluding steroid dienone is 1. The van der Waals surface area contributed by atoms with Gasteiger partial charge in [-0.3, -0.25) is 4.79 Å². The maximum absolute atomic E-state index is 14.3. The molecule has 0 bridgehead atoms. The fourth-order valence-electron chi connectivity index (χ4n) is 4.64. The van der Waals surface area contributed by atoms with Gasteiger partial charge in [-0.1, -0.05) is 61.8 Å². The van der Waals surface area contributed by atoms with Crippen LogP contribution in [0.3, 0.4) is 0 Å². The molecule has 0 aliphatic carbocycles. The van der Waals surface area contributed by atoms with Gasteiger partial charge in [0.15, 0.2) is 0 Å². The van der Waals surface area contributed by atoms with Crippen molar-refractivity contribution in [3.8, 4) is 12.3 Å². The summed E-state index contributed by atoms with van der Waals surface area (Å²) in [4.78, 5) is 53.0. The Morgan fingerprint density at radius 3 is 1.98 bits per heavy atom. The molecule has 3 N–H and O–H groups in total. The first-order valence-corrected chi connectivity index (χ1v) is 18.7. The molecule has 5 rings (SSSR count). The first-order valence-electron chi connectivity index (χ1n) is 18.0. The molecule has 0 aliphatic rings. The third-order valence-corrected chi connectivity index (χ3v) is 7.94. The van der Waals surface area contributed by atoms with Gasteiger partial charge in [-0.05, 0) is 81.5 Å². The number of benzene rings is 2. The van der Waals surface area contributed by atoms with Crippen LogP contribution in [0.4, 0.5) is 19.4 Å². The zero-order valence-corrected chi connectivity index (χ0v) is 35.3. The number of esters is 2. The molecule has 0 atom stereocenters. The predicted molar refractivity (Wildman–Crippen MR) is 237 cm³/mol. The molecule has 0 fully saturated rings. The number of aldehydes is 1. The SMILES string of the molecule is C.C#CCC.COC(=O)c1ccn2c(CCNC(=O)OC(C)(C)C)c(/C=C/c3cccc(Cl)c3F)nc2c1.COC(=O)c1ccnc(N)c1.O=C/C=C/c1cccc(Cl)c1F. The number of methoxy groups -OCH3 is 2. The molecular formula is C45H49Cl2F2N5O7. The molecule has 324 valence electrons. The molecule has 5 aromatic rings. The lowest BCUT2D eigenvalue weighted by Crippen LogP contribution is -2.33. The Morgan fingerprint density at radius 1 is 0.918 bits per heavy atom. The number of nitrogens with one attached hydrogen (secondary N) is 1. The lowest BCUT2D eigenvalue weighted by Gasteiger charge is -2.19. The smallest absolute Gasteiger partial charge is 0.407 e. The second-order valence-corrected chi connectivity index (χ2v) is 13.7. The molecule has 0 spiro atoms. The number of carbonyl (C=O) groups excluding carboxylic acids is 4. The van der Waals surface area contributed by atoms with Gasteiger partial charge in [-0.15, -0.1) is 12.3 Å². The summed E-state index contributed by atoms with van der Waals surface area (Å²) >= 11 is 11.4. The van der Waals surface area contributed by atoms with E-state index in [-0.39, 0.29) is 24.0 Å². The number of nitrogen functional groups attached to an aromatic ring is 1. The monoisotopic (exact) mass is 879 g/mol. The highest BCUT2D eigenvalue weighted by Gasteiger charge is 2.17. The van der Waals surface area contributed by atoms with Gasteiger partial charge in [-0.2, -0.15) is 0 Å². The summed E-state index contributed by atoms with van der Waals surface area (Å²) < 4.78 is 43.6. The zero-order chi connectivity index (χ0) is 44.8. The van der Waals surface area contributed by atoms with Crippen molar-refractivity contribution in [1.82, 2.24) is 19.7 Å². The maximum Gasteiger partial charge on any atom is 0.407 e. The van der Waals surface area contributed by atoms with E-state index in [1.54, 1.807) is 86.0 Å². The molecule has 3 heterocycles. The second-order valence-electron chi connectivity index (χ2n) is 12.9. The van der Waals surface area contributed by atoms with E-state index in [9.17, 15) is 28.0 Å². The van der Waals surface area contributed by atoms with Crippen LogP contribution in [0.5, 0.6) is 0 Å². The number of amides is 1. The number of hydrogen-bond acceptors (Lipinski definition) is 10. The number of alkyl carbamates (subject to hydrolysis) is 1. The number of pyridine rings is 2. The van der Waals surface area contributed by atoms with E-state index >= 15 is 0 Å². The minimum Gasteiger partial charge on any atom is -0.465 e. The van der Waals surface area contributed by atoms with Crippen LogP contribution in [0.25, 0.3) is 23.9 Å². The van der Waals surface area contributed by atoms with Gasteiger partial charge in [0.05, 0.1) is 46.8 Å². The highest BCUT2D eigenvalue weighted by molar-refractivity contribution is 6.31. The number of aromatic nitrogens is 3. The van der Waals surface area contributed by atoms with E-state index in [1.165, 1.54) is 50.8 Å². The van der Waals surface area contributed by atoms with Crippen LogP contribution in [0.2, 0.25) is 10.0 Å². The molecule has 16 heteroatoms. The molecule has 0 unspecified atom stereocenters. The molecule has 0 aliphatic heterocycles. The molecule has 0 saturated heterocycles. The van der Waals surface area contributed by atoms with E-state index in [0.717, 1.165) is 12.1 Å². The third-order valence-electron chi connectivity index (χ3n) is 7.35. The summed E-state index contributed by atoms with van der Waals surface area (Å²) in [7, 11) is 2.62. The Hall–Kier alpha value is -6.56. The topological polar surface area (TPSA) is 164 Å². The van der Waals surface area contributed by atoms with Crippen LogP contribution < -0.4 is 11.1 Å². The number of anilines is 1. The summed E-state index contributed by atoms with van der Waals surface area (Å²) in [5, 5.41) is 2.80. The first-order chi connectivity index (χ1) is 28.5. The van der Waals surface area contributed by atoms with Crippen molar-refractivity contribution in [3.63, 3.8) is 0 Å². The quantitative estimate of drug-likeness (QED) is 0.0479. The number of nitrogens with zero attached hydrogens (tertiary/aromatic N) is 3. The molecular weight excluding hydrogens is 831 g/mol. The highest BCUT2D eigenvalue weighted by Crippen LogP contribution is 2.23. The summed E-state index contributed by atoms with van der Waals surface area (Å²) in [6.07, 6.45) is 15.1. The Labute approximate surface area is 364 Å². The molecule has 12 nitrogen and oxygen atoms in total. The van der Waals surface area contributed by atoms with Gasteiger partial charge in [0, 0.05) is 42.9 Å². The van der Waals surface area contributed by atoms with Gasteiger partial charge in [0.2, 0.25) is 0 Å². The Kier molecular flexibility index (Phi) is 22.8. The average molecular weight is 881 g/mol. The lowest BCUT2D eigenvalue weighted by molar-refractivity contribution is -0.104. The molecule has 61 heavy (non-hydrogen) atoms. The fraction of sp³-hybridized carbons (Fsp3) is 0.244. The fourth-order valence-corrected chi connectivity index (χ4v) is 5.00. The second kappa shape index (κ2) is 26.5. The third kappa shape index (κ3) is 17.7. The number of hydrogen-bond donors (Lipinski definition) is 2. The van der Waals surface area contributed by atoms with Crippen LogP contribution in [-0.2, 0) is 25.4 Å². The van der Waals surface area contributed by atoms with Crippen molar-refractivity contribution in [2.24, 2.45) is 0 Å². The first kappa shape index (κ1) is 52.5. The minimum atomic E-state index is -0.605. The number of carbonyl (C=O) groups is 4. The molecule has 3 aromatic heterocycles. The predicted octanol–water partition coefficient (Wildman–Crippen LogP) is 9.96. The van der Waals surface area contributed by atoms with E-state index in [4.69, 9.17) is 44.8 Å². The number of fused-ring (bicyclic) bond motifs is 1. The summed E-state index contributed by atoms with van der Waals surface area (Å²) in [6, 6.07) is 15.6. The summed E-state index contributed by atoms with van der Waals surface area (Å²) in [5.74, 6) is 0.830. The number of nitrogens with two attached hydrogens (primary N) is 1. The highest BCUT2D eigenvalue weighted by atomic mass is 35.5. The Morgan fingerprint density at radius 2 is 1.48 bits per heavy atom. The number of ether oxygens (including phenoxy) is 3. The van der Waals surface area contributed by atoms with Gasteiger partial charge in [-0.25, -0.2) is 33.1 Å². The van der Waals surface area contributed by atoms with E-state index < -0.39 is 35.3 Å². The normalized spacial score (nSPS) is 10.4. The van der Waals surface area contributed by atoms with Crippen molar-refractivity contribution >= 4 is 77.2 Å². The van der Waals surface area contributed by atoms with Gasteiger partial charge >= 0.3 is 18.0 Å². The summed E-state index contributed by atoms with van der Waals surface area (Å²) in [6.45, 7) is 7.59. The standard InChI is InChI=1S/C24H25ClFN3O4.C9H6ClFO.C7H8N2O2.C4H6.CH4/c1-24(2,3)33-23(31)27-12-10-19-18(9-8-15-6-5-7-17(25)21(15)26)28-20-14-16(22(30)32-4)11-13-29(19)20;10-8-5-1-3-7(9(8)11)4-2-6-12;1-11-7(10)5-2-3-9-6(8)4-5;1-3-4-2;/h5-9,11,13-14H,10,12H2,1-4H3,(H,27,31);1-6H;2-4H,1H3,(H2,8,9);1H,4H2,2H3;1H4/b9-8+;4-2+;;;. The van der Waals surface area contributed by atoms with E-state index in [2.05, 4.69) is 25.9 Å². The maximum atomic E-state index is 14.3. The Bertz CT molecular complexity index is 2350. The van der Waals surface area contributed by atoms with Crippen LogP contribution >= 0.6 is 23.2 Å². The van der Waals surface area contributed by atoms with Crippen molar-refractivity contribution in [2.75, 3.05) is 26.5 Å². The van der Waals surface area contributed by atoms with Gasteiger partial charge < -0.3 is 29.7 Å². The van der Waals surface area contributed by atoms with Crippen LogP contribution in [-0.4, -0.2) is 65.1 Å². The largest absolute Gasteiger partial charge is 0.465 e. The number of terminal acetylenes is 1. The number of halogens is 4. The van der Waals surface area contributed by atoms with Gasteiger partial charge in [0.1, 0.15) is 35.0 Å². The zero-order valence-electron chi connectivity index (χ0n) is 33.8. The molecule has 0 radical (unpaired) electrons. The number of rotatable bonds is 9. The lowest BCUT2D eigenvalue weighted by atomic mass is 10.1. The minimum absolute atomic E-state index is 0. The Balaban J connectivity index is 0.000000539. The van der Waals surface area contributed by atoms with Crippen molar-refractivity contribution in [2.45, 2.75) is 53.6 Å². The van der Waals surface area contributed by atoms with Crippen LogP contribution in [0.15, 0.2) is 79.1 Å². The molecule has 2 aromatic carbocycles. The number of imidazole rings is 1. The van der Waals surface area contributed by atoms with Gasteiger partial charge in [0.25, 0.3) is 0 Å². The van der Waals surface area contributed by atoms with Crippen molar-refractivity contribution < 1.29 is 42.2 Å².